The molecule has 0 bridgehead atoms. The Morgan fingerprint density at radius 1 is 1.24 bits per heavy atom. The van der Waals surface area contributed by atoms with Crippen molar-refractivity contribution in [2.24, 2.45) is 5.41 Å². The minimum absolute atomic E-state index is 0.0417. The number of rotatable bonds is 4. The standard InChI is InChI=1S/C14H19F3N2OS/c1-13(2,3)12(20)18-7-9-4-5-10(14(15,16)17)11(6-9)19-8-21/h4-6,19,21H,7-8H2,1-3H3,(H,18,20). The second-order valence-corrected chi connectivity index (χ2v) is 5.96. The molecule has 7 heteroatoms. The van der Waals surface area contributed by atoms with Crippen LogP contribution in [0.15, 0.2) is 18.2 Å². The Balaban J connectivity index is 2.91. The number of carbonyl (C=O) groups is 1. The first-order valence-electron chi connectivity index (χ1n) is 6.39. The molecule has 0 heterocycles. The van der Waals surface area contributed by atoms with E-state index < -0.39 is 17.2 Å². The van der Waals surface area contributed by atoms with E-state index in [0.717, 1.165) is 6.07 Å². The maximum atomic E-state index is 12.8. The number of amides is 1. The van der Waals surface area contributed by atoms with Crippen LogP contribution in [0, 0.1) is 5.41 Å². The highest BCUT2D eigenvalue weighted by molar-refractivity contribution is 7.80. The van der Waals surface area contributed by atoms with E-state index in [1.165, 1.54) is 12.1 Å². The van der Waals surface area contributed by atoms with E-state index in [0.29, 0.717) is 5.56 Å². The number of alkyl halides is 3. The molecule has 0 aliphatic carbocycles. The molecule has 0 spiro atoms. The largest absolute Gasteiger partial charge is 0.418 e. The predicted octanol–water partition coefficient (Wildman–Crippen LogP) is 3.67. The first kappa shape index (κ1) is 17.7. The minimum atomic E-state index is -4.43. The molecule has 0 unspecified atom stereocenters. The van der Waals surface area contributed by atoms with Crippen LogP contribution in [0.1, 0.15) is 31.9 Å². The minimum Gasteiger partial charge on any atom is -0.376 e. The molecule has 0 saturated carbocycles. The van der Waals surface area contributed by atoms with Crippen molar-refractivity contribution >= 4 is 24.2 Å². The van der Waals surface area contributed by atoms with E-state index in [4.69, 9.17) is 0 Å². The van der Waals surface area contributed by atoms with Gasteiger partial charge in [0.1, 0.15) is 0 Å². The summed E-state index contributed by atoms with van der Waals surface area (Å²) in [5, 5.41) is 5.27. The summed E-state index contributed by atoms with van der Waals surface area (Å²) in [6.07, 6.45) is -4.43. The molecule has 2 N–H and O–H groups in total. The number of hydrogen-bond donors (Lipinski definition) is 3. The first-order chi connectivity index (χ1) is 9.55. The molecule has 0 fully saturated rings. The van der Waals surface area contributed by atoms with Crippen molar-refractivity contribution in [1.29, 1.82) is 0 Å². The molecule has 1 rings (SSSR count). The molecule has 118 valence electrons. The van der Waals surface area contributed by atoms with Crippen molar-refractivity contribution in [1.82, 2.24) is 5.32 Å². The van der Waals surface area contributed by atoms with E-state index in [1.807, 2.05) is 0 Å². The zero-order valence-electron chi connectivity index (χ0n) is 12.1. The summed E-state index contributed by atoms with van der Waals surface area (Å²) in [6, 6.07) is 3.74. The van der Waals surface area contributed by atoms with Gasteiger partial charge in [0.25, 0.3) is 0 Å². The van der Waals surface area contributed by atoms with Crippen LogP contribution in [0.4, 0.5) is 18.9 Å². The Labute approximate surface area is 127 Å². The first-order valence-corrected chi connectivity index (χ1v) is 7.02. The van der Waals surface area contributed by atoms with Gasteiger partial charge < -0.3 is 10.6 Å². The number of halogens is 3. The molecule has 0 aliphatic rings. The Hall–Kier alpha value is -1.37. The zero-order valence-corrected chi connectivity index (χ0v) is 13.0. The van der Waals surface area contributed by atoms with Crippen LogP contribution in [0.3, 0.4) is 0 Å². The van der Waals surface area contributed by atoms with Gasteiger partial charge in [-0.2, -0.15) is 25.8 Å². The highest BCUT2D eigenvalue weighted by Gasteiger charge is 2.33. The number of thiol groups is 1. The van der Waals surface area contributed by atoms with Crippen molar-refractivity contribution in [2.75, 3.05) is 11.2 Å². The van der Waals surface area contributed by atoms with Crippen molar-refractivity contribution in [3.8, 4) is 0 Å². The molecule has 0 atom stereocenters. The van der Waals surface area contributed by atoms with Gasteiger partial charge in [0, 0.05) is 17.6 Å². The van der Waals surface area contributed by atoms with Gasteiger partial charge in [0.15, 0.2) is 0 Å². The maximum absolute atomic E-state index is 12.8. The normalized spacial score (nSPS) is 12.1. The topological polar surface area (TPSA) is 41.1 Å². The average Bonchev–Trinajstić information content (AvgIpc) is 2.34. The van der Waals surface area contributed by atoms with Crippen LogP contribution in [0.25, 0.3) is 0 Å². The van der Waals surface area contributed by atoms with Crippen molar-refractivity contribution in [3.05, 3.63) is 29.3 Å². The van der Waals surface area contributed by atoms with Crippen LogP contribution in [0.5, 0.6) is 0 Å². The van der Waals surface area contributed by atoms with E-state index in [-0.39, 0.29) is 24.0 Å². The summed E-state index contributed by atoms with van der Waals surface area (Å²) < 4.78 is 38.5. The van der Waals surface area contributed by atoms with E-state index in [2.05, 4.69) is 23.3 Å². The SMILES string of the molecule is CC(C)(C)C(=O)NCc1ccc(C(F)(F)F)c(NCS)c1. The average molecular weight is 320 g/mol. The van der Waals surface area contributed by atoms with E-state index >= 15 is 0 Å². The van der Waals surface area contributed by atoms with Gasteiger partial charge in [-0.3, -0.25) is 4.79 Å². The second-order valence-electron chi connectivity index (χ2n) is 5.65. The van der Waals surface area contributed by atoms with Gasteiger partial charge >= 0.3 is 6.18 Å². The van der Waals surface area contributed by atoms with Gasteiger partial charge in [0.2, 0.25) is 5.91 Å². The molecule has 1 aromatic carbocycles. The number of carbonyl (C=O) groups excluding carboxylic acids is 1. The molecule has 3 nitrogen and oxygen atoms in total. The molecule has 21 heavy (non-hydrogen) atoms. The summed E-state index contributed by atoms with van der Waals surface area (Å²) in [5.74, 6) is -0.0768. The van der Waals surface area contributed by atoms with Crippen molar-refractivity contribution < 1.29 is 18.0 Å². The monoisotopic (exact) mass is 320 g/mol. The Morgan fingerprint density at radius 2 is 1.86 bits per heavy atom. The lowest BCUT2D eigenvalue weighted by Gasteiger charge is -2.19. The molecular formula is C14H19F3N2OS. The number of hydrogen-bond acceptors (Lipinski definition) is 3. The van der Waals surface area contributed by atoms with Crippen molar-refractivity contribution in [2.45, 2.75) is 33.5 Å². The fourth-order valence-electron chi connectivity index (χ4n) is 1.63. The summed E-state index contributed by atoms with van der Waals surface area (Å²) >= 11 is 3.88. The summed E-state index contributed by atoms with van der Waals surface area (Å²) in [6.45, 7) is 5.48. The van der Waals surface area contributed by atoms with Crippen LogP contribution in [-0.2, 0) is 17.5 Å². The fraction of sp³-hybridized carbons (Fsp3) is 0.500. The van der Waals surface area contributed by atoms with Gasteiger partial charge in [-0.05, 0) is 17.7 Å². The molecular weight excluding hydrogens is 301 g/mol. The Kier molecular flexibility index (Phi) is 5.55. The molecule has 1 aromatic rings. The third kappa shape index (κ3) is 5.15. The third-order valence-corrected chi connectivity index (χ3v) is 2.95. The molecule has 0 saturated heterocycles. The van der Waals surface area contributed by atoms with Gasteiger partial charge in [-0.1, -0.05) is 26.8 Å². The predicted molar refractivity (Wildman–Crippen MR) is 80.2 cm³/mol. The second kappa shape index (κ2) is 6.60. The zero-order chi connectivity index (χ0) is 16.3. The number of benzene rings is 1. The highest BCUT2D eigenvalue weighted by Crippen LogP contribution is 2.35. The van der Waals surface area contributed by atoms with Gasteiger partial charge in [0.05, 0.1) is 11.4 Å². The molecule has 1 amide bonds. The van der Waals surface area contributed by atoms with E-state index in [9.17, 15) is 18.0 Å². The Bertz CT molecular complexity index is 510. The quantitative estimate of drug-likeness (QED) is 0.585. The summed E-state index contributed by atoms with van der Waals surface area (Å²) in [7, 11) is 0. The van der Waals surface area contributed by atoms with Crippen LogP contribution >= 0.6 is 12.6 Å². The lowest BCUT2D eigenvalue weighted by atomic mass is 9.95. The fourth-order valence-corrected chi connectivity index (χ4v) is 1.80. The van der Waals surface area contributed by atoms with Gasteiger partial charge in [-0.25, -0.2) is 0 Å². The van der Waals surface area contributed by atoms with Crippen LogP contribution in [-0.4, -0.2) is 11.8 Å². The smallest absolute Gasteiger partial charge is 0.376 e. The van der Waals surface area contributed by atoms with Crippen LogP contribution in [0.2, 0.25) is 0 Å². The van der Waals surface area contributed by atoms with Gasteiger partial charge in [-0.15, -0.1) is 0 Å². The lowest BCUT2D eigenvalue weighted by molar-refractivity contribution is -0.137. The van der Waals surface area contributed by atoms with Crippen LogP contribution < -0.4 is 10.6 Å². The maximum Gasteiger partial charge on any atom is 0.418 e. The Morgan fingerprint density at radius 3 is 2.33 bits per heavy atom. The molecule has 0 aromatic heterocycles. The summed E-state index contributed by atoms with van der Waals surface area (Å²) in [5.41, 5.74) is -0.745. The molecule has 0 radical (unpaired) electrons. The summed E-state index contributed by atoms with van der Waals surface area (Å²) in [4.78, 5) is 11.8. The molecule has 0 aliphatic heterocycles. The number of nitrogens with one attached hydrogen (secondary N) is 2. The van der Waals surface area contributed by atoms with E-state index in [1.54, 1.807) is 20.8 Å². The lowest BCUT2D eigenvalue weighted by Crippen LogP contribution is -2.34. The van der Waals surface area contributed by atoms with Crippen molar-refractivity contribution in [3.63, 3.8) is 0 Å². The number of anilines is 1. The third-order valence-electron chi connectivity index (χ3n) is 2.79. The highest BCUT2D eigenvalue weighted by atomic mass is 32.1.